The van der Waals surface area contributed by atoms with Crippen molar-refractivity contribution < 1.29 is 17.1 Å². The van der Waals surface area contributed by atoms with E-state index in [-0.39, 0.29) is 17.1 Å². The first kappa shape index (κ1) is 18.1. The molecule has 0 atom stereocenters. The van der Waals surface area contributed by atoms with Gasteiger partial charge in [-0.05, 0) is 74.6 Å². The van der Waals surface area contributed by atoms with Gasteiger partial charge in [-0.15, -0.1) is 0 Å². The second-order valence-electron chi connectivity index (χ2n) is 4.71. The average Bonchev–Trinajstić information content (AvgIpc) is 3.31. The summed E-state index contributed by atoms with van der Waals surface area (Å²) in [5.74, 6) is 2.43. The Balaban J connectivity index is 0.000000160. The van der Waals surface area contributed by atoms with Crippen molar-refractivity contribution >= 4 is 0 Å². The Morgan fingerprint density at radius 2 is 1.04 bits per heavy atom. The summed E-state index contributed by atoms with van der Waals surface area (Å²) in [6.45, 7) is 0. The first-order valence-corrected chi connectivity index (χ1v) is 7.03. The molecular weight excluding hydrogens is 326 g/mol. The maximum atomic E-state index is 3.96. The van der Waals surface area contributed by atoms with E-state index in [1.165, 1.54) is 23.7 Å². The average molecular weight is 341 g/mol. The van der Waals surface area contributed by atoms with Crippen LogP contribution in [0.25, 0.3) is 0 Å². The predicted molar refractivity (Wildman–Crippen MR) is 85.4 cm³/mol. The molecule has 0 amide bonds. The minimum Gasteiger partial charge on any atom is -0.265 e. The zero-order valence-corrected chi connectivity index (χ0v) is 13.5. The Hall–Kier alpha value is -1.25. The summed E-state index contributed by atoms with van der Waals surface area (Å²) in [4.78, 5) is 11.8. The normalized spacial score (nSPS) is 18.1. The van der Waals surface area contributed by atoms with E-state index in [2.05, 4.69) is 27.8 Å². The molecule has 10 radical (unpaired) electrons. The van der Waals surface area contributed by atoms with E-state index >= 15 is 0 Å². The fourth-order valence-corrected chi connectivity index (χ4v) is 2.13. The number of pyridine rings is 1. The van der Waals surface area contributed by atoms with Crippen LogP contribution in [-0.2, 0) is 17.1 Å². The summed E-state index contributed by atoms with van der Waals surface area (Å²) in [5.41, 5.74) is 2.29. The first-order valence-electron chi connectivity index (χ1n) is 7.03. The van der Waals surface area contributed by atoms with Gasteiger partial charge >= 0.3 is 17.1 Å². The van der Waals surface area contributed by atoms with Gasteiger partial charge in [0.05, 0.1) is 0 Å². The van der Waals surface area contributed by atoms with Crippen molar-refractivity contribution in [1.29, 1.82) is 0 Å². The second-order valence-corrected chi connectivity index (χ2v) is 4.71. The van der Waals surface area contributed by atoms with Crippen LogP contribution in [0.2, 0.25) is 0 Å². The molecular formula is C19H15FeN3+2. The summed E-state index contributed by atoms with van der Waals surface area (Å²) in [7, 11) is 0. The zero-order valence-electron chi connectivity index (χ0n) is 12.4. The van der Waals surface area contributed by atoms with E-state index in [4.69, 9.17) is 0 Å². The first-order chi connectivity index (χ1) is 10.9. The summed E-state index contributed by atoms with van der Waals surface area (Å²) in [6.07, 6.45) is 25.1. The Bertz CT molecular complexity index is 484. The third-order valence-corrected chi connectivity index (χ3v) is 3.23. The van der Waals surface area contributed by atoms with Crippen molar-refractivity contribution in [2.45, 2.75) is 0 Å². The molecule has 2 aliphatic rings. The van der Waals surface area contributed by atoms with Crippen molar-refractivity contribution in [3.63, 3.8) is 0 Å². The van der Waals surface area contributed by atoms with Crippen LogP contribution in [0.5, 0.6) is 0 Å². The Morgan fingerprint density at radius 1 is 0.565 bits per heavy atom. The van der Waals surface area contributed by atoms with Gasteiger partial charge in [0.15, 0.2) is 0 Å². The van der Waals surface area contributed by atoms with Crippen LogP contribution in [-0.4, -0.2) is 15.0 Å². The monoisotopic (exact) mass is 341 g/mol. The molecule has 2 aromatic rings. The number of rotatable bonds is 2. The van der Waals surface area contributed by atoms with Gasteiger partial charge in [-0.3, -0.25) is 4.98 Å². The second kappa shape index (κ2) is 9.79. The summed E-state index contributed by atoms with van der Waals surface area (Å²) >= 11 is 0. The zero-order chi connectivity index (χ0) is 15.0. The molecule has 0 aliphatic heterocycles. The summed E-state index contributed by atoms with van der Waals surface area (Å²) in [6, 6.07) is 4.02. The van der Waals surface area contributed by atoms with E-state index in [0.717, 1.165) is 5.56 Å². The fourth-order valence-electron chi connectivity index (χ4n) is 2.13. The molecule has 0 N–H and O–H groups in total. The molecule has 0 aromatic carbocycles. The quantitative estimate of drug-likeness (QED) is 0.788. The Labute approximate surface area is 149 Å². The van der Waals surface area contributed by atoms with Gasteiger partial charge in [-0.2, -0.15) is 0 Å². The van der Waals surface area contributed by atoms with Gasteiger partial charge in [0, 0.05) is 36.6 Å². The fraction of sp³-hybridized carbons (Fsp3) is 0. The largest absolute Gasteiger partial charge is 2.00 e. The molecule has 2 fully saturated rings. The van der Waals surface area contributed by atoms with Crippen LogP contribution in [0.15, 0.2) is 43.2 Å². The van der Waals surface area contributed by atoms with Crippen LogP contribution in [0.1, 0.15) is 11.1 Å². The topological polar surface area (TPSA) is 38.7 Å². The molecule has 0 saturated heterocycles. The van der Waals surface area contributed by atoms with Crippen molar-refractivity contribution in [1.82, 2.24) is 15.0 Å². The van der Waals surface area contributed by atoms with E-state index in [1.807, 2.05) is 75.4 Å². The molecule has 4 heteroatoms. The number of nitrogens with zero attached hydrogens (tertiary/aromatic N) is 3. The molecule has 2 aromatic heterocycles. The van der Waals surface area contributed by atoms with Gasteiger partial charge in [-0.1, -0.05) is 0 Å². The Morgan fingerprint density at radius 3 is 1.57 bits per heavy atom. The molecule has 0 unspecified atom stereocenters. The van der Waals surface area contributed by atoms with Crippen molar-refractivity contribution in [3.05, 3.63) is 118 Å². The molecule has 0 spiro atoms. The molecule has 2 aliphatic carbocycles. The molecule has 0 bridgehead atoms. The third-order valence-electron chi connectivity index (χ3n) is 3.23. The molecule has 2 heterocycles. The third kappa shape index (κ3) is 5.40. The van der Waals surface area contributed by atoms with Crippen LogP contribution >= 0.6 is 0 Å². The van der Waals surface area contributed by atoms with E-state index in [9.17, 15) is 0 Å². The summed E-state index contributed by atoms with van der Waals surface area (Å²) in [5, 5.41) is 0. The van der Waals surface area contributed by atoms with Crippen molar-refractivity contribution in [2.24, 2.45) is 0 Å². The molecule has 3 nitrogen and oxygen atoms in total. The van der Waals surface area contributed by atoms with Gasteiger partial charge in [0.1, 0.15) is 6.33 Å². The molecule has 2 saturated carbocycles. The van der Waals surface area contributed by atoms with Crippen molar-refractivity contribution in [2.75, 3.05) is 0 Å². The van der Waals surface area contributed by atoms with Gasteiger partial charge < -0.3 is 0 Å². The van der Waals surface area contributed by atoms with Gasteiger partial charge in [0.25, 0.3) is 0 Å². The van der Waals surface area contributed by atoms with Crippen LogP contribution in [0.3, 0.4) is 0 Å². The Kier molecular flexibility index (Phi) is 7.70. The number of hydrogen-bond donors (Lipinski definition) is 0. The minimum atomic E-state index is 0. The smallest absolute Gasteiger partial charge is 0.265 e. The number of aromatic nitrogens is 3. The van der Waals surface area contributed by atoms with Crippen LogP contribution in [0.4, 0.5) is 0 Å². The predicted octanol–water partition coefficient (Wildman–Crippen LogP) is 3.06. The van der Waals surface area contributed by atoms with Crippen LogP contribution < -0.4 is 0 Å². The van der Waals surface area contributed by atoms with Gasteiger partial charge in [-0.25, -0.2) is 9.97 Å². The standard InChI is InChI=1S/C10H8N.C9H7N2.Fe/c1-2-4-9(3-1)10-5-7-11-8-6-10;1-2-4-8(3-1)9-5-10-7-11-6-9;/h1-8H;1-7H;/q;;+2. The van der Waals surface area contributed by atoms with Crippen molar-refractivity contribution in [3.8, 4) is 0 Å². The maximum Gasteiger partial charge on any atom is 2.00 e. The van der Waals surface area contributed by atoms with E-state index in [0.29, 0.717) is 0 Å². The van der Waals surface area contributed by atoms with Gasteiger partial charge in [0.2, 0.25) is 0 Å². The van der Waals surface area contributed by atoms with E-state index in [1.54, 1.807) is 0 Å². The SMILES string of the molecule is [CH]1[CH][CH][C](c2ccncc2)[CH]1.[CH]1[CH][CH][C](c2cncnc2)[CH]1.[Fe+2]. The molecule has 23 heavy (non-hydrogen) atoms. The number of hydrogen-bond acceptors (Lipinski definition) is 3. The van der Waals surface area contributed by atoms with Crippen LogP contribution in [0, 0.1) is 63.2 Å². The van der Waals surface area contributed by atoms with E-state index < -0.39 is 0 Å². The molecule has 112 valence electrons. The summed E-state index contributed by atoms with van der Waals surface area (Å²) < 4.78 is 0. The maximum absolute atomic E-state index is 3.96. The molecule has 4 rings (SSSR count). The minimum absolute atomic E-state index is 0.